The van der Waals surface area contributed by atoms with Crippen LogP contribution in [0, 0.1) is 6.42 Å². The first-order valence-corrected chi connectivity index (χ1v) is 4.61. The van der Waals surface area contributed by atoms with Crippen LogP contribution in [0.1, 0.15) is 39.5 Å². The molecule has 0 aromatic heterocycles. The molecular weight excluding hydrogens is 176 g/mol. The predicted molar refractivity (Wildman–Crippen MR) is 46.8 cm³/mol. The summed E-state index contributed by atoms with van der Waals surface area (Å²) >= 11 is 3.52. The molecule has 0 aliphatic carbocycles. The molecule has 0 saturated carbocycles. The van der Waals surface area contributed by atoms with Gasteiger partial charge in [-0.3, -0.25) is 0 Å². The van der Waals surface area contributed by atoms with Gasteiger partial charge in [-0.2, -0.15) is 0 Å². The first kappa shape index (κ1) is 9.48. The normalized spacial score (nSPS) is 13.7. The maximum Gasteiger partial charge on any atom is 0.0117 e. The fourth-order valence-corrected chi connectivity index (χ4v) is 1.10. The van der Waals surface area contributed by atoms with E-state index in [4.69, 9.17) is 0 Å². The van der Waals surface area contributed by atoms with Gasteiger partial charge in [0.2, 0.25) is 0 Å². The second-order valence-electron chi connectivity index (χ2n) is 2.47. The summed E-state index contributed by atoms with van der Waals surface area (Å²) < 4.78 is 0. The van der Waals surface area contributed by atoms with Crippen molar-refractivity contribution in [3.63, 3.8) is 0 Å². The predicted octanol–water partition coefficient (Wildman–Crippen LogP) is 3.55. The highest BCUT2D eigenvalue weighted by atomic mass is 79.9. The van der Waals surface area contributed by atoms with E-state index in [1.165, 1.54) is 25.7 Å². The van der Waals surface area contributed by atoms with Crippen molar-refractivity contribution in [1.82, 2.24) is 0 Å². The lowest BCUT2D eigenvalue weighted by Gasteiger charge is -2.00. The SMILES string of the molecule is C[CH]CCCCC(C)Br. The molecule has 0 spiro atoms. The van der Waals surface area contributed by atoms with Gasteiger partial charge in [-0.25, -0.2) is 0 Å². The fraction of sp³-hybridized carbons (Fsp3) is 0.875. The average Bonchev–Trinajstić information content (AvgIpc) is 1.80. The van der Waals surface area contributed by atoms with E-state index < -0.39 is 0 Å². The molecule has 0 bridgehead atoms. The molecule has 1 atom stereocenters. The Morgan fingerprint density at radius 1 is 1.44 bits per heavy atom. The van der Waals surface area contributed by atoms with Crippen LogP contribution in [0.15, 0.2) is 0 Å². The number of alkyl halides is 1. The first-order chi connectivity index (χ1) is 4.27. The lowest BCUT2D eigenvalue weighted by molar-refractivity contribution is 0.675. The zero-order chi connectivity index (χ0) is 7.11. The van der Waals surface area contributed by atoms with Gasteiger partial charge >= 0.3 is 0 Å². The van der Waals surface area contributed by atoms with Crippen molar-refractivity contribution in [2.45, 2.75) is 44.4 Å². The standard InChI is InChI=1S/C8H16Br/c1-3-4-5-6-7-8(2)9/h3,8H,4-7H2,1-2H3. The van der Waals surface area contributed by atoms with Crippen molar-refractivity contribution < 1.29 is 0 Å². The molecule has 1 radical (unpaired) electrons. The van der Waals surface area contributed by atoms with E-state index in [0.29, 0.717) is 4.83 Å². The Balaban J connectivity index is 2.75. The van der Waals surface area contributed by atoms with Crippen LogP contribution in [-0.2, 0) is 0 Å². The molecule has 0 fully saturated rings. The zero-order valence-electron chi connectivity index (χ0n) is 6.36. The Morgan fingerprint density at radius 2 is 2.11 bits per heavy atom. The van der Waals surface area contributed by atoms with E-state index in [1.54, 1.807) is 0 Å². The van der Waals surface area contributed by atoms with Crippen LogP contribution in [0.25, 0.3) is 0 Å². The minimum absolute atomic E-state index is 0.703. The molecule has 0 rings (SSSR count). The largest absolute Gasteiger partial charge is 0.0894 e. The van der Waals surface area contributed by atoms with Gasteiger partial charge in [-0.1, -0.05) is 49.0 Å². The Labute approximate surface area is 67.2 Å². The van der Waals surface area contributed by atoms with E-state index in [-0.39, 0.29) is 0 Å². The fourth-order valence-electron chi connectivity index (χ4n) is 0.774. The summed E-state index contributed by atoms with van der Waals surface area (Å²) in [5.74, 6) is 0. The molecule has 0 aromatic carbocycles. The van der Waals surface area contributed by atoms with E-state index in [2.05, 4.69) is 36.2 Å². The van der Waals surface area contributed by atoms with Crippen molar-refractivity contribution >= 4 is 15.9 Å². The highest BCUT2D eigenvalue weighted by Gasteiger charge is 1.93. The maximum atomic E-state index is 3.52. The third-order valence-electron chi connectivity index (χ3n) is 1.34. The molecule has 0 amide bonds. The van der Waals surface area contributed by atoms with Gasteiger partial charge < -0.3 is 0 Å². The quantitative estimate of drug-likeness (QED) is 0.461. The van der Waals surface area contributed by atoms with E-state index >= 15 is 0 Å². The first-order valence-electron chi connectivity index (χ1n) is 3.69. The minimum Gasteiger partial charge on any atom is -0.0894 e. The molecule has 0 aliphatic heterocycles. The third kappa shape index (κ3) is 8.48. The third-order valence-corrected chi connectivity index (χ3v) is 1.80. The van der Waals surface area contributed by atoms with Crippen LogP contribution < -0.4 is 0 Å². The summed E-state index contributed by atoms with van der Waals surface area (Å²) in [4.78, 5) is 0.703. The monoisotopic (exact) mass is 191 g/mol. The smallest absolute Gasteiger partial charge is 0.0117 e. The van der Waals surface area contributed by atoms with Gasteiger partial charge in [-0.05, 0) is 12.8 Å². The number of halogens is 1. The molecule has 0 N–H and O–H groups in total. The number of hydrogen-bond acceptors (Lipinski definition) is 0. The topological polar surface area (TPSA) is 0 Å². The summed E-state index contributed by atoms with van der Waals surface area (Å²) in [7, 11) is 0. The van der Waals surface area contributed by atoms with Gasteiger partial charge in [0.15, 0.2) is 0 Å². The van der Waals surface area contributed by atoms with Gasteiger partial charge in [0.05, 0.1) is 0 Å². The summed E-state index contributed by atoms with van der Waals surface area (Å²) in [6.45, 7) is 4.33. The summed E-state index contributed by atoms with van der Waals surface area (Å²) in [6, 6.07) is 0. The molecule has 55 valence electrons. The Hall–Kier alpha value is 0.480. The number of rotatable bonds is 5. The molecule has 1 heteroatoms. The zero-order valence-corrected chi connectivity index (χ0v) is 7.95. The summed E-state index contributed by atoms with van der Waals surface area (Å²) in [6.07, 6.45) is 7.54. The molecular formula is C8H16Br. The Kier molecular flexibility index (Phi) is 6.95. The van der Waals surface area contributed by atoms with Crippen LogP contribution in [-0.4, -0.2) is 4.83 Å². The summed E-state index contributed by atoms with van der Waals surface area (Å²) in [5.41, 5.74) is 0. The van der Waals surface area contributed by atoms with Gasteiger partial charge in [0, 0.05) is 4.83 Å². The second kappa shape index (κ2) is 6.60. The second-order valence-corrected chi connectivity index (χ2v) is 4.04. The highest BCUT2D eigenvalue weighted by molar-refractivity contribution is 9.09. The molecule has 0 saturated heterocycles. The highest BCUT2D eigenvalue weighted by Crippen LogP contribution is 2.09. The minimum atomic E-state index is 0.703. The van der Waals surface area contributed by atoms with Gasteiger partial charge in [0.25, 0.3) is 0 Å². The lowest BCUT2D eigenvalue weighted by Crippen LogP contribution is -1.88. The van der Waals surface area contributed by atoms with Crippen LogP contribution >= 0.6 is 15.9 Å². The Bertz CT molecular complexity index is 50.5. The van der Waals surface area contributed by atoms with Gasteiger partial charge in [-0.15, -0.1) is 0 Å². The van der Waals surface area contributed by atoms with E-state index in [1.807, 2.05) is 0 Å². The van der Waals surface area contributed by atoms with Crippen molar-refractivity contribution in [2.24, 2.45) is 0 Å². The Morgan fingerprint density at radius 3 is 2.56 bits per heavy atom. The lowest BCUT2D eigenvalue weighted by atomic mass is 10.1. The molecule has 0 heterocycles. The number of unbranched alkanes of at least 4 members (excludes halogenated alkanes) is 3. The van der Waals surface area contributed by atoms with Crippen LogP contribution in [0.2, 0.25) is 0 Å². The van der Waals surface area contributed by atoms with Gasteiger partial charge in [0.1, 0.15) is 0 Å². The average molecular weight is 192 g/mol. The molecule has 0 aliphatic rings. The molecule has 9 heavy (non-hydrogen) atoms. The molecule has 1 unspecified atom stereocenters. The van der Waals surface area contributed by atoms with Crippen LogP contribution in [0.3, 0.4) is 0 Å². The molecule has 0 nitrogen and oxygen atoms in total. The van der Waals surface area contributed by atoms with E-state index in [0.717, 1.165) is 0 Å². The van der Waals surface area contributed by atoms with Crippen LogP contribution in [0.4, 0.5) is 0 Å². The maximum absolute atomic E-state index is 3.52. The van der Waals surface area contributed by atoms with Crippen LogP contribution in [0.5, 0.6) is 0 Å². The van der Waals surface area contributed by atoms with E-state index in [9.17, 15) is 0 Å². The summed E-state index contributed by atoms with van der Waals surface area (Å²) in [5, 5.41) is 0. The molecule has 0 aromatic rings. The van der Waals surface area contributed by atoms with Crippen molar-refractivity contribution in [2.75, 3.05) is 0 Å². The van der Waals surface area contributed by atoms with Crippen molar-refractivity contribution in [3.8, 4) is 0 Å². The number of hydrogen-bond donors (Lipinski definition) is 0. The van der Waals surface area contributed by atoms with Crippen molar-refractivity contribution in [3.05, 3.63) is 6.42 Å². The van der Waals surface area contributed by atoms with Crippen molar-refractivity contribution in [1.29, 1.82) is 0 Å².